The zero-order valence-electron chi connectivity index (χ0n) is 10.8. The van der Waals surface area contributed by atoms with Crippen LogP contribution in [0.2, 0.25) is 0 Å². The smallest absolute Gasteiger partial charge is 0.131 e. The van der Waals surface area contributed by atoms with Crippen molar-refractivity contribution in [2.75, 3.05) is 5.32 Å². The van der Waals surface area contributed by atoms with E-state index in [4.69, 9.17) is 0 Å². The molecule has 2 aromatic heterocycles. The fraction of sp³-hybridized carbons (Fsp3) is 0.0667. The minimum absolute atomic E-state index is 0.234. The van der Waals surface area contributed by atoms with Gasteiger partial charge in [0.1, 0.15) is 5.82 Å². The Morgan fingerprint density at radius 1 is 1.10 bits per heavy atom. The molecule has 0 saturated carbocycles. The summed E-state index contributed by atoms with van der Waals surface area (Å²) in [7, 11) is 0. The van der Waals surface area contributed by atoms with E-state index in [2.05, 4.69) is 15.3 Å². The molecule has 0 bridgehead atoms. The number of pyridine rings is 2. The standard InChI is InChI=1S/C15H12FN3S/c1-10-8-18-15(7-14(10)20-16)19-13-3-2-12-9-17-5-4-11(12)6-13/h2-9H,1H3,(H,18,19). The maximum Gasteiger partial charge on any atom is 0.131 e. The van der Waals surface area contributed by atoms with Gasteiger partial charge in [-0.25, -0.2) is 4.98 Å². The first-order valence-corrected chi connectivity index (χ1v) is 6.84. The number of fused-ring (bicyclic) bond motifs is 1. The predicted octanol–water partition coefficient (Wildman–Crippen LogP) is 4.66. The second-order valence-electron chi connectivity index (χ2n) is 4.47. The van der Waals surface area contributed by atoms with Crippen LogP contribution in [0.15, 0.2) is 53.8 Å². The van der Waals surface area contributed by atoms with E-state index in [1.807, 2.05) is 37.4 Å². The predicted molar refractivity (Wildman–Crippen MR) is 81.0 cm³/mol. The molecule has 20 heavy (non-hydrogen) atoms. The van der Waals surface area contributed by atoms with Gasteiger partial charge in [0.15, 0.2) is 0 Å². The molecule has 1 N–H and O–H groups in total. The van der Waals surface area contributed by atoms with E-state index >= 15 is 0 Å². The SMILES string of the molecule is Cc1cnc(Nc2ccc3cnccc3c2)cc1SF. The van der Waals surface area contributed by atoms with Crippen LogP contribution in [0.25, 0.3) is 10.8 Å². The second-order valence-corrected chi connectivity index (χ2v) is 5.07. The molecule has 0 atom stereocenters. The maximum atomic E-state index is 12.8. The zero-order valence-corrected chi connectivity index (χ0v) is 11.6. The average molecular weight is 285 g/mol. The van der Waals surface area contributed by atoms with Crippen LogP contribution in [0.5, 0.6) is 0 Å². The summed E-state index contributed by atoms with van der Waals surface area (Å²) in [6.07, 6.45) is 5.24. The number of hydrogen-bond acceptors (Lipinski definition) is 4. The minimum atomic E-state index is 0.234. The first-order valence-electron chi connectivity index (χ1n) is 6.12. The van der Waals surface area contributed by atoms with Crippen molar-refractivity contribution < 1.29 is 3.89 Å². The molecule has 0 saturated heterocycles. The van der Waals surface area contributed by atoms with Gasteiger partial charge in [-0.15, -0.1) is 0 Å². The van der Waals surface area contributed by atoms with Crippen LogP contribution in [-0.4, -0.2) is 9.97 Å². The van der Waals surface area contributed by atoms with Gasteiger partial charge in [-0.2, -0.15) is 3.89 Å². The normalized spacial score (nSPS) is 10.7. The van der Waals surface area contributed by atoms with Crippen molar-refractivity contribution in [3.63, 3.8) is 0 Å². The van der Waals surface area contributed by atoms with E-state index in [-0.39, 0.29) is 12.1 Å². The quantitative estimate of drug-likeness (QED) is 0.759. The van der Waals surface area contributed by atoms with Crippen LogP contribution in [0.1, 0.15) is 5.56 Å². The van der Waals surface area contributed by atoms with Gasteiger partial charge in [0.05, 0.1) is 12.1 Å². The Morgan fingerprint density at radius 3 is 2.85 bits per heavy atom. The van der Waals surface area contributed by atoms with Crippen LogP contribution in [0.4, 0.5) is 15.4 Å². The molecular formula is C15H12FN3S. The largest absolute Gasteiger partial charge is 0.340 e. The highest BCUT2D eigenvalue weighted by atomic mass is 32.2. The maximum absolute atomic E-state index is 12.8. The summed E-state index contributed by atoms with van der Waals surface area (Å²) in [5.41, 5.74) is 1.74. The summed E-state index contributed by atoms with van der Waals surface area (Å²) in [5.74, 6) is 0.629. The summed E-state index contributed by atoms with van der Waals surface area (Å²) >= 11 is 0.234. The van der Waals surface area contributed by atoms with E-state index in [9.17, 15) is 3.89 Å². The van der Waals surface area contributed by atoms with Gasteiger partial charge in [0.25, 0.3) is 0 Å². The molecule has 0 unspecified atom stereocenters. The first-order chi connectivity index (χ1) is 9.76. The summed E-state index contributed by atoms with van der Waals surface area (Å²) < 4.78 is 12.8. The molecule has 3 aromatic rings. The van der Waals surface area contributed by atoms with Crippen molar-refractivity contribution in [3.8, 4) is 0 Å². The minimum Gasteiger partial charge on any atom is -0.340 e. The monoisotopic (exact) mass is 285 g/mol. The summed E-state index contributed by atoms with van der Waals surface area (Å²) in [6, 6.07) is 9.61. The molecule has 0 fully saturated rings. The fourth-order valence-corrected chi connectivity index (χ4v) is 2.30. The molecule has 0 spiro atoms. The molecule has 0 aliphatic rings. The van der Waals surface area contributed by atoms with Crippen molar-refractivity contribution in [3.05, 3.63) is 54.5 Å². The van der Waals surface area contributed by atoms with Crippen LogP contribution in [0.3, 0.4) is 0 Å². The molecule has 1 aromatic carbocycles. The van der Waals surface area contributed by atoms with Gasteiger partial charge in [0.2, 0.25) is 0 Å². The number of halogens is 1. The second kappa shape index (κ2) is 5.46. The third kappa shape index (κ3) is 2.58. The molecule has 100 valence electrons. The number of nitrogens with zero attached hydrogens (tertiary/aromatic N) is 2. The van der Waals surface area contributed by atoms with Crippen LogP contribution < -0.4 is 5.32 Å². The summed E-state index contributed by atoms with van der Waals surface area (Å²) in [6.45, 7) is 1.84. The number of hydrogen-bond donors (Lipinski definition) is 1. The number of aryl methyl sites for hydroxylation is 1. The Morgan fingerprint density at radius 2 is 2.00 bits per heavy atom. The van der Waals surface area contributed by atoms with E-state index < -0.39 is 0 Å². The molecule has 0 amide bonds. The molecule has 2 heterocycles. The third-order valence-electron chi connectivity index (χ3n) is 3.05. The highest BCUT2D eigenvalue weighted by Gasteiger charge is 2.04. The van der Waals surface area contributed by atoms with E-state index in [1.165, 1.54) is 0 Å². The van der Waals surface area contributed by atoms with Gasteiger partial charge >= 0.3 is 0 Å². The van der Waals surface area contributed by atoms with Crippen LogP contribution >= 0.6 is 12.1 Å². The number of anilines is 2. The lowest BCUT2D eigenvalue weighted by molar-refractivity contribution is 0.930. The number of benzene rings is 1. The Labute approximate surface area is 120 Å². The first kappa shape index (κ1) is 12.9. The molecule has 0 aliphatic carbocycles. The van der Waals surface area contributed by atoms with Gasteiger partial charge in [0, 0.05) is 34.6 Å². The van der Waals surface area contributed by atoms with E-state index in [0.717, 1.165) is 22.0 Å². The number of aromatic nitrogens is 2. The van der Waals surface area contributed by atoms with Gasteiger partial charge in [-0.1, -0.05) is 6.07 Å². The third-order valence-corrected chi connectivity index (χ3v) is 3.66. The molecule has 0 aliphatic heterocycles. The lowest BCUT2D eigenvalue weighted by Gasteiger charge is -2.08. The van der Waals surface area contributed by atoms with E-state index in [1.54, 1.807) is 18.5 Å². The van der Waals surface area contributed by atoms with Crippen molar-refractivity contribution in [2.45, 2.75) is 11.8 Å². The highest BCUT2D eigenvalue weighted by Crippen LogP contribution is 2.27. The zero-order chi connectivity index (χ0) is 13.9. The average Bonchev–Trinajstić information content (AvgIpc) is 2.49. The Kier molecular flexibility index (Phi) is 3.52. The van der Waals surface area contributed by atoms with Crippen LogP contribution in [0, 0.1) is 6.92 Å². The Balaban J connectivity index is 1.92. The van der Waals surface area contributed by atoms with Crippen LogP contribution in [-0.2, 0) is 0 Å². The lowest BCUT2D eigenvalue weighted by Crippen LogP contribution is -1.94. The summed E-state index contributed by atoms with van der Waals surface area (Å²) in [5, 5.41) is 5.36. The Hall–Kier alpha value is -2.14. The van der Waals surface area contributed by atoms with Gasteiger partial charge in [-0.3, -0.25) is 4.98 Å². The van der Waals surface area contributed by atoms with Gasteiger partial charge in [-0.05, 0) is 42.1 Å². The van der Waals surface area contributed by atoms with E-state index in [0.29, 0.717) is 10.7 Å². The molecular weight excluding hydrogens is 273 g/mol. The number of nitrogens with one attached hydrogen (secondary N) is 1. The lowest BCUT2D eigenvalue weighted by atomic mass is 10.1. The van der Waals surface area contributed by atoms with Crippen molar-refractivity contribution >= 4 is 34.4 Å². The summed E-state index contributed by atoms with van der Waals surface area (Å²) in [4.78, 5) is 8.92. The van der Waals surface area contributed by atoms with Crippen molar-refractivity contribution in [1.29, 1.82) is 0 Å². The van der Waals surface area contributed by atoms with Crippen molar-refractivity contribution in [2.24, 2.45) is 0 Å². The molecule has 3 rings (SSSR count). The topological polar surface area (TPSA) is 37.8 Å². The molecule has 5 heteroatoms. The molecule has 3 nitrogen and oxygen atoms in total. The number of rotatable bonds is 3. The van der Waals surface area contributed by atoms with Crippen molar-refractivity contribution in [1.82, 2.24) is 9.97 Å². The molecule has 0 radical (unpaired) electrons. The van der Waals surface area contributed by atoms with Gasteiger partial charge < -0.3 is 5.32 Å². The highest BCUT2D eigenvalue weighted by molar-refractivity contribution is 7.94. The fourth-order valence-electron chi connectivity index (χ4n) is 1.97. The Bertz CT molecular complexity index is 761.